The van der Waals surface area contributed by atoms with Crippen LogP contribution >= 0.6 is 0 Å². The summed E-state index contributed by atoms with van der Waals surface area (Å²) in [5.41, 5.74) is 8.30. The first-order chi connectivity index (χ1) is 12.2. The first kappa shape index (κ1) is 14.9. The number of hydrogen-bond donors (Lipinski definition) is 4. The molecule has 0 atom stereocenters. The minimum absolute atomic E-state index is 0.159. The fourth-order valence-corrected chi connectivity index (χ4v) is 2.68. The molecule has 124 valence electrons. The number of carbonyl (C=O) groups excluding carboxylic acids is 2. The van der Waals surface area contributed by atoms with Crippen LogP contribution in [0.15, 0.2) is 48.7 Å². The first-order valence-electron chi connectivity index (χ1n) is 7.65. The molecule has 0 aliphatic carbocycles. The zero-order valence-electron chi connectivity index (χ0n) is 13.0. The average Bonchev–Trinajstić information content (AvgIpc) is 3.26. The molecule has 2 amide bonds. The number of aromatic amines is 2. The average molecular weight is 334 g/mol. The van der Waals surface area contributed by atoms with Gasteiger partial charge in [-0.3, -0.25) is 20.4 Å². The van der Waals surface area contributed by atoms with Gasteiger partial charge in [-0.25, -0.2) is 0 Å². The Morgan fingerprint density at radius 1 is 1.00 bits per heavy atom. The lowest BCUT2D eigenvalue weighted by atomic mass is 10.1. The quantitative estimate of drug-likeness (QED) is 0.424. The largest absolute Gasteiger partial charge is 0.361 e. The van der Waals surface area contributed by atoms with E-state index < -0.39 is 5.91 Å². The van der Waals surface area contributed by atoms with Gasteiger partial charge in [0.15, 0.2) is 0 Å². The number of rotatable bonds is 3. The molecule has 0 spiro atoms. The van der Waals surface area contributed by atoms with E-state index in [0.29, 0.717) is 16.6 Å². The molecule has 0 aliphatic heterocycles. The van der Waals surface area contributed by atoms with E-state index in [2.05, 4.69) is 31.2 Å². The second-order valence-electron chi connectivity index (χ2n) is 5.57. The maximum Gasteiger partial charge on any atom is 0.269 e. The van der Waals surface area contributed by atoms with Crippen LogP contribution in [0.1, 0.15) is 15.9 Å². The third-order valence-corrected chi connectivity index (χ3v) is 3.92. The number of hydrazine groups is 1. The van der Waals surface area contributed by atoms with Crippen molar-refractivity contribution in [3.05, 3.63) is 59.8 Å². The van der Waals surface area contributed by atoms with Gasteiger partial charge in [-0.1, -0.05) is 18.2 Å². The minimum atomic E-state index is -0.419. The highest BCUT2D eigenvalue weighted by Crippen LogP contribution is 2.17. The highest BCUT2D eigenvalue weighted by atomic mass is 16.2. The van der Waals surface area contributed by atoms with Crippen molar-refractivity contribution in [3.63, 3.8) is 0 Å². The third kappa shape index (κ3) is 2.92. The van der Waals surface area contributed by atoms with Crippen molar-refractivity contribution in [2.24, 2.45) is 0 Å². The molecule has 8 heteroatoms. The van der Waals surface area contributed by atoms with E-state index in [1.54, 1.807) is 24.4 Å². The second kappa shape index (κ2) is 6.08. The molecule has 0 saturated heterocycles. The van der Waals surface area contributed by atoms with Crippen molar-refractivity contribution in [2.45, 2.75) is 6.42 Å². The summed E-state index contributed by atoms with van der Waals surface area (Å²) in [7, 11) is 0. The van der Waals surface area contributed by atoms with E-state index >= 15 is 0 Å². The number of H-pyrrole nitrogens is 2. The molecule has 2 aromatic carbocycles. The van der Waals surface area contributed by atoms with Crippen LogP contribution in [-0.4, -0.2) is 32.2 Å². The Morgan fingerprint density at radius 3 is 2.76 bits per heavy atom. The van der Waals surface area contributed by atoms with Crippen molar-refractivity contribution >= 4 is 33.8 Å². The lowest BCUT2D eigenvalue weighted by Crippen LogP contribution is -2.42. The first-order valence-corrected chi connectivity index (χ1v) is 7.65. The van der Waals surface area contributed by atoms with Gasteiger partial charge in [0.2, 0.25) is 5.91 Å². The Morgan fingerprint density at radius 2 is 1.84 bits per heavy atom. The molecule has 4 rings (SSSR count). The summed E-state index contributed by atoms with van der Waals surface area (Å²) in [5, 5.41) is 11.3. The van der Waals surface area contributed by atoms with Gasteiger partial charge in [-0.15, -0.1) is 0 Å². The van der Waals surface area contributed by atoms with Gasteiger partial charge < -0.3 is 4.98 Å². The smallest absolute Gasteiger partial charge is 0.269 e. The van der Waals surface area contributed by atoms with E-state index in [9.17, 15) is 9.59 Å². The molecule has 0 radical (unpaired) electrons. The fourth-order valence-electron chi connectivity index (χ4n) is 2.68. The maximum atomic E-state index is 12.1. The van der Waals surface area contributed by atoms with Gasteiger partial charge in [-0.05, 0) is 29.8 Å². The Labute approximate surface area is 141 Å². The monoisotopic (exact) mass is 334 g/mol. The summed E-state index contributed by atoms with van der Waals surface area (Å²) in [6.07, 6.45) is 1.96. The van der Waals surface area contributed by atoms with Crippen LogP contribution in [0.4, 0.5) is 0 Å². The normalized spacial score (nSPS) is 10.9. The fraction of sp³-hybridized carbons (Fsp3) is 0.0588. The Balaban J connectivity index is 1.40. The van der Waals surface area contributed by atoms with Gasteiger partial charge in [0.1, 0.15) is 11.0 Å². The summed E-state index contributed by atoms with van der Waals surface area (Å²) in [6, 6.07) is 12.6. The molecule has 0 saturated carbocycles. The molecule has 0 aliphatic rings. The third-order valence-electron chi connectivity index (χ3n) is 3.92. The summed E-state index contributed by atoms with van der Waals surface area (Å²) in [4.78, 5) is 27.3. The molecule has 0 bridgehead atoms. The molecular weight excluding hydrogens is 320 g/mol. The number of amides is 2. The van der Waals surface area contributed by atoms with Crippen molar-refractivity contribution in [2.75, 3.05) is 0 Å². The summed E-state index contributed by atoms with van der Waals surface area (Å²) < 4.78 is 0. The summed E-state index contributed by atoms with van der Waals surface area (Å²) >= 11 is 0. The number of nitrogens with one attached hydrogen (secondary N) is 4. The SMILES string of the molecule is O=C(Cc1c[nH]c2ccccc12)NNC(=O)c1ccc2n[nH]nc2c1. The van der Waals surface area contributed by atoms with E-state index in [0.717, 1.165) is 16.5 Å². The highest BCUT2D eigenvalue weighted by molar-refractivity contribution is 5.98. The van der Waals surface area contributed by atoms with Gasteiger partial charge in [0.25, 0.3) is 5.91 Å². The number of benzene rings is 2. The van der Waals surface area contributed by atoms with Gasteiger partial charge in [0.05, 0.1) is 6.42 Å². The highest BCUT2D eigenvalue weighted by Gasteiger charge is 2.11. The molecule has 4 N–H and O–H groups in total. The van der Waals surface area contributed by atoms with Gasteiger partial charge >= 0.3 is 0 Å². The van der Waals surface area contributed by atoms with Crippen LogP contribution in [0.25, 0.3) is 21.9 Å². The van der Waals surface area contributed by atoms with Crippen LogP contribution in [0.2, 0.25) is 0 Å². The Bertz CT molecular complexity index is 1080. The minimum Gasteiger partial charge on any atom is -0.361 e. The summed E-state index contributed by atoms with van der Waals surface area (Å²) in [6.45, 7) is 0. The number of hydrogen-bond acceptors (Lipinski definition) is 4. The maximum absolute atomic E-state index is 12.1. The van der Waals surface area contributed by atoms with Crippen LogP contribution in [0, 0.1) is 0 Å². The Hall–Kier alpha value is -3.68. The number of carbonyl (C=O) groups is 2. The van der Waals surface area contributed by atoms with E-state index in [-0.39, 0.29) is 12.3 Å². The molecule has 0 fully saturated rings. The van der Waals surface area contributed by atoms with E-state index in [1.807, 2.05) is 24.3 Å². The van der Waals surface area contributed by atoms with Crippen LogP contribution < -0.4 is 10.9 Å². The molecule has 4 aromatic rings. The molecule has 2 aromatic heterocycles. The number of fused-ring (bicyclic) bond motifs is 2. The van der Waals surface area contributed by atoms with Crippen molar-refractivity contribution in [1.29, 1.82) is 0 Å². The number of para-hydroxylation sites is 1. The summed E-state index contributed by atoms with van der Waals surface area (Å²) in [5.74, 6) is -0.724. The molecule has 25 heavy (non-hydrogen) atoms. The number of aromatic nitrogens is 4. The van der Waals surface area contributed by atoms with E-state index in [1.165, 1.54) is 0 Å². The van der Waals surface area contributed by atoms with Crippen molar-refractivity contribution in [1.82, 2.24) is 31.2 Å². The lowest BCUT2D eigenvalue weighted by molar-refractivity contribution is -0.121. The van der Waals surface area contributed by atoms with E-state index in [4.69, 9.17) is 0 Å². The predicted molar refractivity (Wildman–Crippen MR) is 91.5 cm³/mol. The second-order valence-corrected chi connectivity index (χ2v) is 5.57. The van der Waals surface area contributed by atoms with Crippen molar-refractivity contribution < 1.29 is 9.59 Å². The van der Waals surface area contributed by atoms with Gasteiger partial charge in [-0.2, -0.15) is 15.4 Å². The predicted octanol–water partition coefficient (Wildman–Crippen LogP) is 1.44. The standard InChI is InChI=1S/C17H14N6O2/c24-16(8-11-9-18-13-4-2-1-3-12(11)13)21-22-17(25)10-5-6-14-15(7-10)20-23-19-14/h1-7,9,18H,8H2,(H,21,24)(H,22,25)(H,19,20,23). The zero-order valence-corrected chi connectivity index (χ0v) is 13.0. The van der Waals surface area contributed by atoms with Crippen molar-refractivity contribution in [3.8, 4) is 0 Å². The van der Waals surface area contributed by atoms with Crippen LogP contribution in [0.5, 0.6) is 0 Å². The molecule has 2 heterocycles. The lowest BCUT2D eigenvalue weighted by Gasteiger charge is -2.07. The van der Waals surface area contributed by atoms with Crippen LogP contribution in [-0.2, 0) is 11.2 Å². The van der Waals surface area contributed by atoms with Crippen LogP contribution in [0.3, 0.4) is 0 Å². The van der Waals surface area contributed by atoms with Gasteiger partial charge in [0, 0.05) is 22.7 Å². The zero-order chi connectivity index (χ0) is 17.2. The Kier molecular flexibility index (Phi) is 3.62. The molecule has 0 unspecified atom stereocenters. The topological polar surface area (TPSA) is 116 Å². The number of nitrogens with zero attached hydrogens (tertiary/aromatic N) is 2. The molecular formula is C17H14N6O2. The molecule has 8 nitrogen and oxygen atoms in total.